The molecule has 5 heteroatoms. The molecule has 0 radical (unpaired) electrons. The van der Waals surface area contributed by atoms with Crippen molar-refractivity contribution in [2.75, 3.05) is 0 Å². The minimum Gasteiger partial charge on any atom is -0.494 e. The molecule has 2 aliphatic rings. The molecular formula is C18H20N2O3. The lowest BCUT2D eigenvalue weighted by atomic mass is 10.1. The third-order valence-electron chi connectivity index (χ3n) is 5.25. The fourth-order valence-electron chi connectivity index (χ4n) is 4.15. The molecule has 4 rings (SSSR count). The minimum atomic E-state index is -0.387. The fraction of sp³-hybridized carbons (Fsp3) is 0.444. The molecule has 1 aromatic carbocycles. The van der Waals surface area contributed by atoms with Crippen molar-refractivity contribution in [3.8, 4) is 5.88 Å². The average molecular weight is 312 g/mol. The van der Waals surface area contributed by atoms with E-state index in [1.807, 2.05) is 18.2 Å². The zero-order valence-electron chi connectivity index (χ0n) is 12.9. The zero-order chi connectivity index (χ0) is 16.0. The lowest BCUT2D eigenvalue weighted by Crippen LogP contribution is -2.42. The topological polar surface area (TPSA) is 64.2 Å². The first-order valence-electron chi connectivity index (χ1n) is 8.31. The van der Waals surface area contributed by atoms with Crippen LogP contribution in [0.25, 0.3) is 0 Å². The van der Waals surface area contributed by atoms with Gasteiger partial charge in [0, 0.05) is 6.04 Å². The van der Waals surface area contributed by atoms with Gasteiger partial charge in [0.1, 0.15) is 0 Å². The van der Waals surface area contributed by atoms with Gasteiger partial charge in [-0.3, -0.25) is 13.9 Å². The first-order valence-corrected chi connectivity index (χ1v) is 8.31. The van der Waals surface area contributed by atoms with Crippen LogP contribution in [0.2, 0.25) is 0 Å². The van der Waals surface area contributed by atoms with Gasteiger partial charge in [-0.05, 0) is 36.8 Å². The second kappa shape index (κ2) is 5.41. The highest BCUT2D eigenvalue weighted by Gasteiger charge is 2.29. The smallest absolute Gasteiger partial charge is 0.334 e. The molecule has 1 heterocycles. The van der Waals surface area contributed by atoms with E-state index in [0.717, 1.165) is 44.1 Å². The van der Waals surface area contributed by atoms with Crippen LogP contribution in [0, 0.1) is 0 Å². The van der Waals surface area contributed by atoms with Crippen LogP contribution in [0.3, 0.4) is 0 Å². The quantitative estimate of drug-likeness (QED) is 0.926. The fourth-order valence-corrected chi connectivity index (χ4v) is 4.15. The molecule has 0 amide bonds. The second-order valence-corrected chi connectivity index (χ2v) is 6.55. The molecule has 120 valence electrons. The van der Waals surface area contributed by atoms with Gasteiger partial charge < -0.3 is 5.11 Å². The molecule has 0 spiro atoms. The number of hydrogen-bond donors (Lipinski definition) is 1. The summed E-state index contributed by atoms with van der Waals surface area (Å²) in [7, 11) is 0. The van der Waals surface area contributed by atoms with E-state index < -0.39 is 0 Å². The molecule has 1 saturated carbocycles. The largest absolute Gasteiger partial charge is 0.494 e. The third kappa shape index (κ3) is 2.22. The van der Waals surface area contributed by atoms with Crippen molar-refractivity contribution in [1.82, 2.24) is 9.13 Å². The molecule has 1 fully saturated rings. The molecule has 23 heavy (non-hydrogen) atoms. The zero-order valence-corrected chi connectivity index (χ0v) is 12.9. The van der Waals surface area contributed by atoms with Gasteiger partial charge in [-0.15, -0.1) is 0 Å². The van der Waals surface area contributed by atoms with Crippen LogP contribution in [-0.4, -0.2) is 14.2 Å². The van der Waals surface area contributed by atoms with E-state index in [1.54, 1.807) is 0 Å². The van der Waals surface area contributed by atoms with Crippen molar-refractivity contribution in [2.24, 2.45) is 0 Å². The summed E-state index contributed by atoms with van der Waals surface area (Å²) < 4.78 is 2.76. The van der Waals surface area contributed by atoms with E-state index in [9.17, 15) is 14.7 Å². The first-order chi connectivity index (χ1) is 11.2. The van der Waals surface area contributed by atoms with Gasteiger partial charge >= 0.3 is 5.69 Å². The Labute approximate surface area is 133 Å². The van der Waals surface area contributed by atoms with Gasteiger partial charge in [0.2, 0.25) is 5.88 Å². The van der Waals surface area contributed by atoms with E-state index in [0.29, 0.717) is 0 Å². The average Bonchev–Trinajstić information content (AvgIpc) is 3.17. The predicted octanol–water partition coefficient (Wildman–Crippen LogP) is 2.37. The van der Waals surface area contributed by atoms with Gasteiger partial charge in [-0.2, -0.15) is 0 Å². The number of fused-ring (bicyclic) bond motifs is 1. The Balaban J connectivity index is 1.88. The molecule has 1 N–H and O–H groups in total. The summed E-state index contributed by atoms with van der Waals surface area (Å²) in [5.74, 6) is -0.226. The Morgan fingerprint density at radius 3 is 2.52 bits per heavy atom. The van der Waals surface area contributed by atoms with Gasteiger partial charge in [0.05, 0.1) is 12.1 Å². The maximum atomic E-state index is 13.0. The summed E-state index contributed by atoms with van der Waals surface area (Å²) in [6, 6.07) is 8.98. The van der Waals surface area contributed by atoms with E-state index in [1.165, 1.54) is 20.8 Å². The number of aryl methyl sites for hydroxylation is 1. The Hall–Kier alpha value is -2.30. The molecule has 1 atom stereocenters. The van der Waals surface area contributed by atoms with Crippen molar-refractivity contribution in [3.05, 3.63) is 62.3 Å². The van der Waals surface area contributed by atoms with Crippen LogP contribution in [0.4, 0.5) is 0 Å². The molecule has 0 aliphatic heterocycles. The second-order valence-electron chi connectivity index (χ2n) is 6.55. The van der Waals surface area contributed by atoms with E-state index in [-0.39, 0.29) is 29.2 Å². The number of hydrogen-bond acceptors (Lipinski definition) is 3. The normalized spacial score (nSPS) is 20.8. The number of benzene rings is 1. The molecule has 0 bridgehead atoms. The van der Waals surface area contributed by atoms with Crippen LogP contribution >= 0.6 is 0 Å². The minimum absolute atomic E-state index is 0.0292. The van der Waals surface area contributed by atoms with Gasteiger partial charge in [-0.25, -0.2) is 4.79 Å². The summed E-state index contributed by atoms with van der Waals surface area (Å²) >= 11 is 0. The molecular weight excluding hydrogens is 292 g/mol. The Kier molecular flexibility index (Phi) is 3.36. The highest BCUT2D eigenvalue weighted by Crippen LogP contribution is 2.35. The van der Waals surface area contributed by atoms with Crippen LogP contribution < -0.4 is 11.2 Å². The van der Waals surface area contributed by atoms with E-state index >= 15 is 0 Å². The highest BCUT2D eigenvalue weighted by atomic mass is 16.3. The lowest BCUT2D eigenvalue weighted by molar-refractivity contribution is 0.355. The Bertz CT molecular complexity index is 859. The van der Waals surface area contributed by atoms with Crippen molar-refractivity contribution in [1.29, 1.82) is 0 Å². The molecule has 1 unspecified atom stereocenters. The summed E-state index contributed by atoms with van der Waals surface area (Å²) in [5.41, 5.74) is 1.52. The Morgan fingerprint density at radius 2 is 1.74 bits per heavy atom. The number of aromatic hydroxyl groups is 1. The molecule has 5 nitrogen and oxygen atoms in total. The number of aromatic nitrogens is 2. The first kappa shape index (κ1) is 14.3. The monoisotopic (exact) mass is 312 g/mol. The SMILES string of the molecule is O=c1cc(O)n(C2CCc3ccccc32)c(=O)n1C1CCCC1. The van der Waals surface area contributed by atoms with Crippen molar-refractivity contribution < 1.29 is 5.11 Å². The predicted molar refractivity (Wildman–Crippen MR) is 87.0 cm³/mol. The van der Waals surface area contributed by atoms with Crippen molar-refractivity contribution in [2.45, 2.75) is 50.6 Å². The summed E-state index contributed by atoms with van der Waals surface area (Å²) in [4.78, 5) is 25.2. The lowest BCUT2D eigenvalue weighted by Gasteiger charge is -2.20. The molecule has 2 aromatic rings. The van der Waals surface area contributed by atoms with E-state index in [4.69, 9.17) is 0 Å². The van der Waals surface area contributed by atoms with Crippen LogP contribution in [0.15, 0.2) is 39.9 Å². The molecule has 2 aliphatic carbocycles. The number of rotatable bonds is 2. The van der Waals surface area contributed by atoms with Crippen LogP contribution in [0.1, 0.15) is 55.3 Å². The summed E-state index contributed by atoms with van der Waals surface area (Å²) in [5, 5.41) is 10.3. The maximum Gasteiger partial charge on any atom is 0.334 e. The summed E-state index contributed by atoms with van der Waals surface area (Å²) in [6.07, 6.45) is 5.47. The van der Waals surface area contributed by atoms with Crippen molar-refractivity contribution in [3.63, 3.8) is 0 Å². The molecule has 1 aromatic heterocycles. The van der Waals surface area contributed by atoms with E-state index in [2.05, 4.69) is 6.07 Å². The van der Waals surface area contributed by atoms with Crippen LogP contribution in [0.5, 0.6) is 5.88 Å². The van der Waals surface area contributed by atoms with Crippen molar-refractivity contribution >= 4 is 0 Å². The van der Waals surface area contributed by atoms with Gasteiger partial charge in [-0.1, -0.05) is 37.1 Å². The maximum absolute atomic E-state index is 13.0. The van der Waals surface area contributed by atoms with Crippen LogP contribution in [-0.2, 0) is 6.42 Å². The standard InChI is InChI=1S/C18H20N2O3/c21-16-11-17(22)20(18(23)19(16)13-6-2-3-7-13)15-10-9-12-5-1-4-8-14(12)15/h1,4-5,8,11,13,15,22H,2-3,6-7,9-10H2. The molecule has 0 saturated heterocycles. The third-order valence-corrected chi connectivity index (χ3v) is 5.25. The Morgan fingerprint density at radius 1 is 1.00 bits per heavy atom. The van der Waals surface area contributed by atoms with Gasteiger partial charge in [0.15, 0.2) is 0 Å². The highest BCUT2D eigenvalue weighted by molar-refractivity contribution is 5.36. The summed E-state index contributed by atoms with van der Waals surface area (Å²) in [6.45, 7) is 0. The number of nitrogens with zero attached hydrogens (tertiary/aromatic N) is 2. The van der Waals surface area contributed by atoms with Gasteiger partial charge in [0.25, 0.3) is 5.56 Å².